The van der Waals surface area contributed by atoms with Crippen LogP contribution < -0.4 is 15.0 Å². The van der Waals surface area contributed by atoms with Crippen LogP contribution in [0.1, 0.15) is 11.1 Å². The molecule has 0 radical (unpaired) electrons. The van der Waals surface area contributed by atoms with Gasteiger partial charge in [-0.3, -0.25) is 4.79 Å². The molecule has 6 aromatic rings. The van der Waals surface area contributed by atoms with Crippen molar-refractivity contribution < 1.29 is 18.3 Å². The van der Waals surface area contributed by atoms with Crippen LogP contribution in [0.4, 0.5) is 4.39 Å². The fourth-order valence-corrected chi connectivity index (χ4v) is 5.12. The first-order valence-corrected chi connectivity index (χ1v) is 13.4. The molecule has 0 N–H and O–H groups in total. The van der Waals surface area contributed by atoms with Crippen LogP contribution in [-0.4, -0.2) is 23.0 Å². The third kappa shape index (κ3) is 5.07. The van der Waals surface area contributed by atoms with Crippen molar-refractivity contribution in [3.8, 4) is 23.1 Å². The van der Waals surface area contributed by atoms with Gasteiger partial charge in [0.1, 0.15) is 18.0 Å². The second-order valence-electron chi connectivity index (χ2n) is 8.92. The molecule has 198 valence electrons. The van der Waals surface area contributed by atoms with Gasteiger partial charge in [0.15, 0.2) is 17.3 Å². The van der Waals surface area contributed by atoms with Gasteiger partial charge in [0.2, 0.25) is 5.82 Å². The maximum atomic E-state index is 13.6. The average Bonchev–Trinajstić information content (AvgIpc) is 3.40. The molecule has 0 amide bonds. The number of fused-ring (bicyclic) bond motifs is 2. The van der Waals surface area contributed by atoms with E-state index in [1.807, 2.05) is 42.5 Å². The van der Waals surface area contributed by atoms with Gasteiger partial charge < -0.3 is 13.9 Å². The van der Waals surface area contributed by atoms with Crippen LogP contribution >= 0.6 is 22.6 Å². The van der Waals surface area contributed by atoms with E-state index in [-0.39, 0.29) is 23.8 Å². The number of ether oxygens (including phenoxy) is 2. The quantitative estimate of drug-likeness (QED) is 0.138. The third-order valence-corrected chi connectivity index (χ3v) is 7.05. The zero-order chi connectivity index (χ0) is 27.6. The van der Waals surface area contributed by atoms with E-state index < -0.39 is 0 Å². The minimum atomic E-state index is -0.325. The molecule has 9 heteroatoms. The van der Waals surface area contributed by atoms with E-state index in [1.54, 1.807) is 49.7 Å². The van der Waals surface area contributed by atoms with Crippen LogP contribution in [0.25, 0.3) is 33.5 Å². The number of furan rings is 1. The molecule has 2 aromatic heterocycles. The summed E-state index contributed by atoms with van der Waals surface area (Å²) in [5.41, 5.74) is 2.28. The number of halogens is 2. The molecular weight excluding hydrogens is 624 g/mol. The molecule has 0 aliphatic heterocycles. The predicted molar refractivity (Wildman–Crippen MR) is 161 cm³/mol. The second-order valence-corrected chi connectivity index (χ2v) is 10.1. The first-order valence-electron chi connectivity index (χ1n) is 12.3. The van der Waals surface area contributed by atoms with Crippen molar-refractivity contribution in [3.05, 3.63) is 122 Å². The Kier molecular flexibility index (Phi) is 7.04. The lowest BCUT2D eigenvalue weighted by atomic mass is 10.2. The number of methoxy groups -OCH3 is 1. The minimum absolute atomic E-state index is 0.177. The topological polar surface area (TPSA) is 78.9 Å². The Morgan fingerprint density at radius 2 is 1.85 bits per heavy atom. The van der Waals surface area contributed by atoms with Crippen LogP contribution in [0.3, 0.4) is 0 Å². The highest BCUT2D eigenvalue weighted by Crippen LogP contribution is 2.34. The lowest BCUT2D eigenvalue weighted by Crippen LogP contribution is -2.20. The molecule has 7 nitrogen and oxygen atoms in total. The largest absolute Gasteiger partial charge is 0.493 e. The minimum Gasteiger partial charge on any atom is -0.493 e. The molecule has 0 saturated heterocycles. The normalized spacial score (nSPS) is 11.5. The first-order chi connectivity index (χ1) is 19.5. The van der Waals surface area contributed by atoms with E-state index in [0.717, 1.165) is 8.96 Å². The highest BCUT2D eigenvalue weighted by molar-refractivity contribution is 14.1. The predicted octanol–water partition coefficient (Wildman–Crippen LogP) is 7.02. The summed E-state index contributed by atoms with van der Waals surface area (Å²) in [5.74, 6) is 1.39. The molecule has 4 aromatic carbocycles. The Hall–Kier alpha value is -4.51. The van der Waals surface area contributed by atoms with Crippen molar-refractivity contribution in [2.75, 3.05) is 7.11 Å². The summed E-state index contributed by atoms with van der Waals surface area (Å²) in [5, 5.41) is 5.87. The van der Waals surface area contributed by atoms with Crippen LogP contribution in [0.5, 0.6) is 11.5 Å². The molecule has 0 unspecified atom stereocenters. The van der Waals surface area contributed by atoms with E-state index in [1.165, 1.54) is 16.8 Å². The lowest BCUT2D eigenvalue weighted by molar-refractivity contribution is 0.282. The number of aromatic nitrogens is 2. The highest BCUT2D eigenvalue weighted by Gasteiger charge is 2.17. The summed E-state index contributed by atoms with van der Waals surface area (Å²) < 4.78 is 33.2. The maximum absolute atomic E-state index is 13.6. The fraction of sp³-hybridized carbons (Fsp3) is 0.0645. The van der Waals surface area contributed by atoms with Crippen LogP contribution in [0, 0.1) is 9.39 Å². The summed E-state index contributed by atoms with van der Waals surface area (Å²) in [4.78, 5) is 18.3. The maximum Gasteiger partial charge on any atom is 0.282 e. The zero-order valence-corrected chi connectivity index (χ0v) is 23.3. The van der Waals surface area contributed by atoms with Crippen LogP contribution in [0.2, 0.25) is 0 Å². The van der Waals surface area contributed by atoms with E-state index in [2.05, 4.69) is 27.7 Å². The van der Waals surface area contributed by atoms with E-state index in [0.29, 0.717) is 44.9 Å². The van der Waals surface area contributed by atoms with Gasteiger partial charge in [0.05, 0.1) is 27.8 Å². The molecule has 0 bridgehead atoms. The lowest BCUT2D eigenvalue weighted by Gasteiger charge is -2.14. The van der Waals surface area contributed by atoms with Gasteiger partial charge in [-0.05, 0) is 82.2 Å². The molecule has 6 rings (SSSR count). The van der Waals surface area contributed by atoms with Crippen molar-refractivity contribution in [2.24, 2.45) is 5.10 Å². The third-order valence-electron chi connectivity index (χ3n) is 6.25. The SMILES string of the molecule is COc1cc(C=Nn2c(-c3cc4ccccc4o3)nc3ccccc3c2=O)cc(I)c1OCc1cccc(F)c1. The number of benzene rings is 4. The smallest absolute Gasteiger partial charge is 0.282 e. The number of hydrogen-bond donors (Lipinski definition) is 0. The summed E-state index contributed by atoms with van der Waals surface area (Å²) in [7, 11) is 1.54. The zero-order valence-electron chi connectivity index (χ0n) is 21.2. The molecule has 0 fully saturated rings. The second kappa shape index (κ2) is 10.9. The Bertz CT molecular complexity index is 1930. The molecule has 0 aliphatic rings. The van der Waals surface area contributed by atoms with Gasteiger partial charge >= 0.3 is 0 Å². The Morgan fingerprint density at radius 1 is 1.02 bits per heavy atom. The monoisotopic (exact) mass is 645 g/mol. The average molecular weight is 645 g/mol. The molecule has 0 aliphatic carbocycles. The van der Waals surface area contributed by atoms with Gasteiger partial charge in [0, 0.05) is 5.39 Å². The molecule has 0 atom stereocenters. The number of rotatable bonds is 7. The molecule has 0 saturated carbocycles. The van der Waals surface area contributed by atoms with Gasteiger partial charge in [0.25, 0.3) is 5.56 Å². The van der Waals surface area contributed by atoms with Gasteiger partial charge in [-0.15, -0.1) is 0 Å². The van der Waals surface area contributed by atoms with E-state index >= 15 is 0 Å². The highest BCUT2D eigenvalue weighted by atomic mass is 127. The van der Waals surface area contributed by atoms with Crippen molar-refractivity contribution in [1.29, 1.82) is 0 Å². The Labute approximate surface area is 241 Å². The van der Waals surface area contributed by atoms with Crippen molar-refractivity contribution in [3.63, 3.8) is 0 Å². The molecular formula is C31H21FIN3O4. The molecule has 40 heavy (non-hydrogen) atoms. The van der Waals surface area contributed by atoms with Gasteiger partial charge in [-0.2, -0.15) is 9.78 Å². The Morgan fingerprint density at radius 3 is 2.67 bits per heavy atom. The summed E-state index contributed by atoms with van der Waals surface area (Å²) in [6.45, 7) is 0.177. The fourth-order valence-electron chi connectivity index (χ4n) is 4.34. The van der Waals surface area contributed by atoms with Crippen molar-refractivity contribution in [1.82, 2.24) is 9.66 Å². The van der Waals surface area contributed by atoms with E-state index in [9.17, 15) is 9.18 Å². The summed E-state index contributed by atoms with van der Waals surface area (Å²) in [6.07, 6.45) is 1.56. The van der Waals surface area contributed by atoms with E-state index in [4.69, 9.17) is 18.9 Å². The number of para-hydroxylation sites is 2. The molecule has 2 heterocycles. The van der Waals surface area contributed by atoms with Crippen molar-refractivity contribution in [2.45, 2.75) is 6.61 Å². The molecule has 0 spiro atoms. The van der Waals surface area contributed by atoms with Crippen molar-refractivity contribution >= 4 is 50.7 Å². The first kappa shape index (κ1) is 25.8. The van der Waals surface area contributed by atoms with Gasteiger partial charge in [-0.25, -0.2) is 9.37 Å². The summed E-state index contributed by atoms with van der Waals surface area (Å²) >= 11 is 2.14. The number of hydrogen-bond acceptors (Lipinski definition) is 6. The number of nitrogens with zero attached hydrogens (tertiary/aromatic N) is 3. The van der Waals surface area contributed by atoms with Crippen LogP contribution in [-0.2, 0) is 6.61 Å². The summed E-state index contributed by atoms with van der Waals surface area (Å²) in [6, 6.07) is 26.4. The van der Waals surface area contributed by atoms with Crippen LogP contribution in [0.15, 0.2) is 105 Å². The Balaban J connectivity index is 1.39. The standard InChI is InChI=1S/C31H21FIN3O4/c1-38-27-15-20(14-24(33)29(27)39-18-19-7-6-9-22(32)13-19)17-34-36-30(28-16-21-8-2-5-12-26(21)40-28)35-25-11-4-3-10-23(25)31(36)37/h2-17H,18H2,1H3. The van der Waals surface area contributed by atoms with Gasteiger partial charge in [-0.1, -0.05) is 42.5 Å².